The van der Waals surface area contributed by atoms with Crippen LogP contribution in [0.4, 0.5) is 13.2 Å². The third-order valence-electron chi connectivity index (χ3n) is 4.28. The monoisotopic (exact) mass is 343 g/mol. The van der Waals surface area contributed by atoms with Crippen LogP contribution in [0, 0.1) is 0 Å². The van der Waals surface area contributed by atoms with E-state index >= 15 is 0 Å². The van der Waals surface area contributed by atoms with Gasteiger partial charge in [0.1, 0.15) is 6.04 Å². The molecule has 1 aromatic carbocycles. The summed E-state index contributed by atoms with van der Waals surface area (Å²) in [6.07, 6.45) is -3.59. The Morgan fingerprint density at radius 2 is 2.00 bits per heavy atom. The van der Waals surface area contributed by atoms with Crippen molar-refractivity contribution >= 4 is 11.9 Å². The van der Waals surface area contributed by atoms with E-state index in [1.165, 1.54) is 5.56 Å². The van der Waals surface area contributed by atoms with E-state index in [1.807, 2.05) is 24.3 Å². The zero-order chi connectivity index (χ0) is 17.7. The zero-order valence-corrected chi connectivity index (χ0v) is 13.1. The molecule has 2 unspecified atom stereocenters. The van der Waals surface area contributed by atoms with Crippen molar-refractivity contribution in [1.29, 1.82) is 0 Å². The molecule has 0 saturated heterocycles. The Morgan fingerprint density at radius 3 is 2.67 bits per heavy atom. The van der Waals surface area contributed by atoms with E-state index < -0.39 is 36.9 Å². The van der Waals surface area contributed by atoms with Gasteiger partial charge >= 0.3 is 12.1 Å². The molecule has 7 heteroatoms. The molecule has 1 aliphatic carbocycles. The number of amides is 1. The predicted molar refractivity (Wildman–Crippen MR) is 81.6 cm³/mol. The van der Waals surface area contributed by atoms with Crippen LogP contribution in [0.5, 0.6) is 0 Å². The molecule has 0 radical (unpaired) electrons. The van der Waals surface area contributed by atoms with Crippen LogP contribution < -0.4 is 5.32 Å². The summed E-state index contributed by atoms with van der Waals surface area (Å²) in [7, 11) is 0. The highest BCUT2D eigenvalue weighted by Gasteiger charge is 2.31. The SMILES string of the molecule is O=C(CCC(F)(F)F)NC(CC1CCCc2ccccc21)C(=O)O. The van der Waals surface area contributed by atoms with E-state index in [0.717, 1.165) is 24.8 Å². The lowest BCUT2D eigenvalue weighted by molar-refractivity contribution is -0.147. The van der Waals surface area contributed by atoms with E-state index in [4.69, 9.17) is 0 Å². The fourth-order valence-electron chi connectivity index (χ4n) is 3.13. The number of hydrogen-bond acceptors (Lipinski definition) is 2. The zero-order valence-electron chi connectivity index (χ0n) is 13.1. The molecule has 0 bridgehead atoms. The summed E-state index contributed by atoms with van der Waals surface area (Å²) in [6, 6.07) is 6.58. The van der Waals surface area contributed by atoms with Crippen LogP contribution >= 0.6 is 0 Å². The molecule has 1 aliphatic rings. The number of benzene rings is 1. The molecule has 1 aromatic rings. The number of carbonyl (C=O) groups is 2. The molecule has 0 aromatic heterocycles. The molecule has 0 heterocycles. The summed E-state index contributed by atoms with van der Waals surface area (Å²) in [6.45, 7) is 0. The predicted octanol–water partition coefficient (Wildman–Crippen LogP) is 3.41. The van der Waals surface area contributed by atoms with Gasteiger partial charge in [-0.3, -0.25) is 4.79 Å². The molecule has 0 spiro atoms. The smallest absolute Gasteiger partial charge is 0.389 e. The lowest BCUT2D eigenvalue weighted by Gasteiger charge is -2.28. The molecular weight excluding hydrogens is 323 g/mol. The number of carboxylic acids is 1. The maximum absolute atomic E-state index is 12.2. The highest BCUT2D eigenvalue weighted by atomic mass is 19.4. The number of carboxylic acid groups (broad SMARTS) is 1. The summed E-state index contributed by atoms with van der Waals surface area (Å²) in [4.78, 5) is 23.0. The van der Waals surface area contributed by atoms with E-state index in [2.05, 4.69) is 5.32 Å². The Hall–Kier alpha value is -2.05. The van der Waals surface area contributed by atoms with Crippen molar-refractivity contribution < 1.29 is 27.9 Å². The van der Waals surface area contributed by atoms with Crippen LogP contribution in [0.25, 0.3) is 0 Å². The standard InChI is InChI=1S/C17H20F3NO3/c18-17(19,20)9-8-15(22)21-14(16(23)24)10-12-6-3-5-11-4-1-2-7-13(11)12/h1-2,4,7,12,14H,3,5-6,8-10H2,(H,21,22)(H,23,24). The van der Waals surface area contributed by atoms with Crippen molar-refractivity contribution in [3.05, 3.63) is 35.4 Å². The van der Waals surface area contributed by atoms with E-state index in [9.17, 15) is 27.9 Å². The normalized spacial score (nSPS) is 18.5. The molecule has 132 valence electrons. The van der Waals surface area contributed by atoms with Gasteiger partial charge in [0.05, 0.1) is 6.42 Å². The Labute approximate surface area is 138 Å². The van der Waals surface area contributed by atoms with Crippen molar-refractivity contribution in [2.45, 2.75) is 56.7 Å². The van der Waals surface area contributed by atoms with Gasteiger partial charge in [-0.1, -0.05) is 24.3 Å². The number of aryl methyl sites for hydroxylation is 1. The van der Waals surface area contributed by atoms with E-state index in [-0.39, 0.29) is 12.3 Å². The number of fused-ring (bicyclic) bond motifs is 1. The van der Waals surface area contributed by atoms with Crippen molar-refractivity contribution in [3.8, 4) is 0 Å². The van der Waals surface area contributed by atoms with Gasteiger partial charge in [0, 0.05) is 6.42 Å². The second-order valence-electron chi connectivity index (χ2n) is 6.10. The number of hydrogen-bond donors (Lipinski definition) is 2. The minimum Gasteiger partial charge on any atom is -0.480 e. The third-order valence-corrected chi connectivity index (χ3v) is 4.28. The highest BCUT2D eigenvalue weighted by Crippen LogP contribution is 2.34. The number of alkyl halides is 3. The maximum atomic E-state index is 12.2. The van der Waals surface area contributed by atoms with Gasteiger partial charge in [-0.2, -0.15) is 13.2 Å². The average molecular weight is 343 g/mol. The van der Waals surface area contributed by atoms with Crippen LogP contribution in [0.3, 0.4) is 0 Å². The van der Waals surface area contributed by atoms with Crippen LogP contribution in [0.2, 0.25) is 0 Å². The summed E-state index contributed by atoms with van der Waals surface area (Å²) < 4.78 is 36.5. The van der Waals surface area contributed by atoms with Gasteiger partial charge in [-0.15, -0.1) is 0 Å². The first kappa shape index (κ1) is 18.3. The topological polar surface area (TPSA) is 66.4 Å². The second-order valence-corrected chi connectivity index (χ2v) is 6.10. The van der Waals surface area contributed by atoms with Crippen LogP contribution in [-0.2, 0) is 16.0 Å². The first-order chi connectivity index (χ1) is 11.3. The lowest BCUT2D eigenvalue weighted by Crippen LogP contribution is -2.42. The molecule has 1 amide bonds. The van der Waals surface area contributed by atoms with E-state index in [1.54, 1.807) is 0 Å². The fourth-order valence-corrected chi connectivity index (χ4v) is 3.13. The molecule has 2 atom stereocenters. The maximum Gasteiger partial charge on any atom is 0.389 e. The number of nitrogens with one attached hydrogen (secondary N) is 1. The Morgan fingerprint density at radius 1 is 1.29 bits per heavy atom. The first-order valence-corrected chi connectivity index (χ1v) is 7.93. The number of halogens is 3. The number of aliphatic carboxylic acids is 1. The minimum atomic E-state index is -4.43. The molecule has 0 saturated carbocycles. The van der Waals surface area contributed by atoms with Crippen molar-refractivity contribution in [3.63, 3.8) is 0 Å². The van der Waals surface area contributed by atoms with Gasteiger partial charge in [-0.05, 0) is 42.7 Å². The van der Waals surface area contributed by atoms with Gasteiger partial charge in [0.2, 0.25) is 5.91 Å². The summed E-state index contributed by atoms with van der Waals surface area (Å²) in [5.41, 5.74) is 2.24. The average Bonchev–Trinajstić information content (AvgIpc) is 2.52. The second kappa shape index (κ2) is 7.68. The molecule has 2 N–H and O–H groups in total. The summed E-state index contributed by atoms with van der Waals surface area (Å²) >= 11 is 0. The number of rotatable bonds is 6. The Bertz CT molecular complexity index is 601. The van der Waals surface area contributed by atoms with Gasteiger partial charge in [0.25, 0.3) is 0 Å². The number of carbonyl (C=O) groups excluding carboxylic acids is 1. The third kappa shape index (κ3) is 5.25. The van der Waals surface area contributed by atoms with Crippen molar-refractivity contribution in [1.82, 2.24) is 5.32 Å². The minimum absolute atomic E-state index is 0.0148. The van der Waals surface area contributed by atoms with Gasteiger partial charge < -0.3 is 10.4 Å². The van der Waals surface area contributed by atoms with Crippen LogP contribution in [-0.4, -0.2) is 29.2 Å². The molecule has 0 fully saturated rings. The molecular formula is C17H20F3NO3. The summed E-state index contributed by atoms with van der Waals surface area (Å²) in [5, 5.41) is 11.5. The lowest BCUT2D eigenvalue weighted by atomic mass is 9.79. The molecule has 24 heavy (non-hydrogen) atoms. The van der Waals surface area contributed by atoms with Crippen molar-refractivity contribution in [2.75, 3.05) is 0 Å². The summed E-state index contributed by atoms with van der Waals surface area (Å²) in [5.74, 6) is -2.12. The van der Waals surface area contributed by atoms with Crippen LogP contribution in [0.15, 0.2) is 24.3 Å². The van der Waals surface area contributed by atoms with Gasteiger partial charge in [-0.25, -0.2) is 4.79 Å². The first-order valence-electron chi connectivity index (χ1n) is 7.93. The van der Waals surface area contributed by atoms with E-state index in [0.29, 0.717) is 0 Å². The molecule has 2 rings (SSSR count). The van der Waals surface area contributed by atoms with Gasteiger partial charge in [0.15, 0.2) is 0 Å². The van der Waals surface area contributed by atoms with Crippen LogP contribution in [0.1, 0.15) is 49.1 Å². The molecule has 0 aliphatic heterocycles. The Kier molecular flexibility index (Phi) is 5.85. The quantitative estimate of drug-likeness (QED) is 0.832. The highest BCUT2D eigenvalue weighted by molar-refractivity contribution is 5.83. The fraction of sp³-hybridized carbons (Fsp3) is 0.529. The van der Waals surface area contributed by atoms with Crippen molar-refractivity contribution in [2.24, 2.45) is 0 Å². The Balaban J connectivity index is 2.00. The molecule has 4 nitrogen and oxygen atoms in total. The largest absolute Gasteiger partial charge is 0.480 e.